The molecule has 7 heteroatoms. The summed E-state index contributed by atoms with van der Waals surface area (Å²) in [5.74, 6) is 0.759. The molecule has 28 heavy (non-hydrogen) atoms. The summed E-state index contributed by atoms with van der Waals surface area (Å²) in [6.45, 7) is 5.85. The minimum absolute atomic E-state index is 0.0941. The highest BCUT2D eigenvalue weighted by atomic mass is 35.5. The molecule has 1 amide bonds. The first-order valence-corrected chi connectivity index (χ1v) is 9.23. The van der Waals surface area contributed by atoms with Crippen molar-refractivity contribution in [2.45, 2.75) is 26.9 Å². The number of hydrogen-bond acceptors (Lipinski definition) is 5. The van der Waals surface area contributed by atoms with Gasteiger partial charge in [-0.1, -0.05) is 11.6 Å². The smallest absolute Gasteiger partial charge is 0.274 e. The first-order valence-electron chi connectivity index (χ1n) is 8.85. The molecule has 0 saturated heterocycles. The van der Waals surface area contributed by atoms with E-state index in [1.54, 1.807) is 24.3 Å². The second-order valence-electron chi connectivity index (χ2n) is 6.49. The number of carbonyl (C=O) groups is 1. The summed E-state index contributed by atoms with van der Waals surface area (Å²) in [5.41, 5.74) is 2.69. The maximum absolute atomic E-state index is 12.5. The molecule has 0 unspecified atom stereocenters. The molecule has 0 saturated carbocycles. The molecule has 6 nitrogen and oxygen atoms in total. The zero-order valence-electron chi connectivity index (χ0n) is 15.9. The molecule has 0 radical (unpaired) electrons. The van der Waals surface area contributed by atoms with Crippen molar-refractivity contribution < 1.29 is 9.53 Å². The molecule has 3 rings (SSSR count). The van der Waals surface area contributed by atoms with Gasteiger partial charge in [0.2, 0.25) is 5.95 Å². The zero-order valence-corrected chi connectivity index (χ0v) is 16.6. The third kappa shape index (κ3) is 5.20. The summed E-state index contributed by atoms with van der Waals surface area (Å²) in [6, 6.07) is 14.2. The molecule has 1 heterocycles. The normalized spacial score (nSPS) is 10.6. The van der Waals surface area contributed by atoms with Crippen LogP contribution < -0.4 is 15.4 Å². The Kier molecular flexibility index (Phi) is 6.11. The Balaban J connectivity index is 1.69. The number of hydrogen-bond donors (Lipinski definition) is 2. The molecule has 0 atom stereocenters. The van der Waals surface area contributed by atoms with Gasteiger partial charge < -0.3 is 15.4 Å². The van der Waals surface area contributed by atoms with Gasteiger partial charge in [-0.25, -0.2) is 9.97 Å². The molecule has 2 N–H and O–H groups in total. The third-order valence-electron chi connectivity index (χ3n) is 3.81. The van der Waals surface area contributed by atoms with Gasteiger partial charge in [-0.3, -0.25) is 4.79 Å². The van der Waals surface area contributed by atoms with Crippen LogP contribution in [0, 0.1) is 6.92 Å². The standard InChI is InChI=1S/C21H21ClN4O2/c1-13(2)28-17-7-5-16(6-8-17)24-20(27)19-10-11-23-21(26-19)25-18-9-4-15(22)12-14(18)3/h4-13H,1-3H3,(H,24,27)(H,23,25,26). The van der Waals surface area contributed by atoms with Gasteiger partial charge in [0.15, 0.2) is 0 Å². The number of rotatable bonds is 6. The summed E-state index contributed by atoms with van der Waals surface area (Å²) in [5, 5.41) is 6.58. The van der Waals surface area contributed by atoms with Crippen LogP contribution in [0.1, 0.15) is 29.9 Å². The maximum atomic E-state index is 12.5. The van der Waals surface area contributed by atoms with Gasteiger partial charge in [0.1, 0.15) is 11.4 Å². The number of ether oxygens (including phenoxy) is 1. The highest BCUT2D eigenvalue weighted by molar-refractivity contribution is 6.30. The fourth-order valence-electron chi connectivity index (χ4n) is 2.52. The number of halogens is 1. The van der Waals surface area contributed by atoms with Gasteiger partial charge >= 0.3 is 0 Å². The summed E-state index contributed by atoms with van der Waals surface area (Å²) >= 11 is 5.98. The van der Waals surface area contributed by atoms with Gasteiger partial charge in [-0.05, 0) is 74.9 Å². The van der Waals surface area contributed by atoms with Crippen LogP contribution in [0.4, 0.5) is 17.3 Å². The number of anilines is 3. The number of carbonyl (C=O) groups excluding carboxylic acids is 1. The Bertz CT molecular complexity index is 974. The summed E-state index contributed by atoms with van der Waals surface area (Å²) in [4.78, 5) is 21.0. The number of aryl methyl sites for hydroxylation is 1. The van der Waals surface area contributed by atoms with E-state index in [4.69, 9.17) is 16.3 Å². The Morgan fingerprint density at radius 2 is 1.86 bits per heavy atom. The third-order valence-corrected chi connectivity index (χ3v) is 4.04. The van der Waals surface area contributed by atoms with Crippen molar-refractivity contribution >= 4 is 34.8 Å². The van der Waals surface area contributed by atoms with Crippen LogP contribution in [0.15, 0.2) is 54.7 Å². The average molecular weight is 397 g/mol. The molecule has 0 fully saturated rings. The number of nitrogens with one attached hydrogen (secondary N) is 2. The van der Waals surface area contributed by atoms with E-state index >= 15 is 0 Å². The minimum Gasteiger partial charge on any atom is -0.491 e. The number of aromatic nitrogens is 2. The first kappa shape index (κ1) is 19.6. The van der Waals surface area contributed by atoms with E-state index in [1.807, 2.05) is 45.0 Å². The highest BCUT2D eigenvalue weighted by Crippen LogP contribution is 2.22. The van der Waals surface area contributed by atoms with E-state index < -0.39 is 0 Å². The topological polar surface area (TPSA) is 76.1 Å². The lowest BCUT2D eigenvalue weighted by Gasteiger charge is -2.11. The Hall–Kier alpha value is -3.12. The summed E-state index contributed by atoms with van der Waals surface area (Å²) in [6.07, 6.45) is 1.63. The lowest BCUT2D eigenvalue weighted by atomic mass is 10.2. The fourth-order valence-corrected chi connectivity index (χ4v) is 2.74. The predicted octanol–water partition coefficient (Wildman–Crippen LogP) is 5.22. The van der Waals surface area contributed by atoms with E-state index in [0.717, 1.165) is 17.0 Å². The fraction of sp³-hybridized carbons (Fsp3) is 0.190. The van der Waals surface area contributed by atoms with Gasteiger partial charge in [-0.15, -0.1) is 0 Å². The molecule has 2 aromatic carbocycles. The Labute approximate surface area is 168 Å². The maximum Gasteiger partial charge on any atom is 0.274 e. The van der Waals surface area contributed by atoms with Crippen molar-refractivity contribution in [3.05, 3.63) is 71.0 Å². The van der Waals surface area contributed by atoms with Crippen molar-refractivity contribution in [3.8, 4) is 5.75 Å². The first-order chi connectivity index (χ1) is 13.4. The average Bonchev–Trinajstić information content (AvgIpc) is 2.65. The van der Waals surface area contributed by atoms with Crippen LogP contribution in [-0.4, -0.2) is 22.0 Å². The largest absolute Gasteiger partial charge is 0.491 e. The van der Waals surface area contributed by atoms with E-state index in [0.29, 0.717) is 16.7 Å². The van der Waals surface area contributed by atoms with Crippen molar-refractivity contribution in [1.29, 1.82) is 0 Å². The van der Waals surface area contributed by atoms with Crippen molar-refractivity contribution in [3.63, 3.8) is 0 Å². The van der Waals surface area contributed by atoms with Crippen LogP contribution in [0.2, 0.25) is 5.02 Å². The molecule has 0 aliphatic carbocycles. The van der Waals surface area contributed by atoms with E-state index in [9.17, 15) is 4.79 Å². The van der Waals surface area contributed by atoms with Gasteiger partial charge in [0.25, 0.3) is 5.91 Å². The van der Waals surface area contributed by atoms with Crippen LogP contribution in [0.25, 0.3) is 0 Å². The van der Waals surface area contributed by atoms with E-state index in [-0.39, 0.29) is 17.7 Å². The molecule has 0 aliphatic rings. The second-order valence-corrected chi connectivity index (χ2v) is 6.93. The molecular weight excluding hydrogens is 376 g/mol. The van der Waals surface area contributed by atoms with Gasteiger partial charge in [0.05, 0.1) is 6.10 Å². The van der Waals surface area contributed by atoms with E-state index in [1.165, 1.54) is 6.20 Å². The molecule has 0 spiro atoms. The van der Waals surface area contributed by atoms with Gasteiger partial charge in [0, 0.05) is 22.6 Å². The molecule has 0 aliphatic heterocycles. The lowest BCUT2D eigenvalue weighted by molar-refractivity contribution is 0.102. The molecular formula is C21H21ClN4O2. The molecule has 1 aromatic heterocycles. The second kappa shape index (κ2) is 8.71. The summed E-state index contributed by atoms with van der Waals surface area (Å²) < 4.78 is 5.60. The van der Waals surface area contributed by atoms with Crippen LogP contribution in [0.5, 0.6) is 5.75 Å². The highest BCUT2D eigenvalue weighted by Gasteiger charge is 2.10. The number of nitrogens with zero attached hydrogens (tertiary/aromatic N) is 2. The Morgan fingerprint density at radius 3 is 2.54 bits per heavy atom. The quantitative estimate of drug-likeness (QED) is 0.597. The minimum atomic E-state index is -0.323. The van der Waals surface area contributed by atoms with Crippen molar-refractivity contribution in [1.82, 2.24) is 9.97 Å². The molecule has 144 valence electrons. The predicted molar refractivity (Wildman–Crippen MR) is 112 cm³/mol. The number of benzene rings is 2. The monoisotopic (exact) mass is 396 g/mol. The molecule has 0 bridgehead atoms. The number of amides is 1. The van der Waals surface area contributed by atoms with Crippen molar-refractivity contribution in [2.24, 2.45) is 0 Å². The van der Waals surface area contributed by atoms with Crippen molar-refractivity contribution in [2.75, 3.05) is 10.6 Å². The van der Waals surface area contributed by atoms with Crippen LogP contribution in [0.3, 0.4) is 0 Å². The Morgan fingerprint density at radius 1 is 1.11 bits per heavy atom. The van der Waals surface area contributed by atoms with E-state index in [2.05, 4.69) is 20.6 Å². The summed E-state index contributed by atoms with van der Waals surface area (Å²) in [7, 11) is 0. The van der Waals surface area contributed by atoms with Gasteiger partial charge in [-0.2, -0.15) is 0 Å². The van der Waals surface area contributed by atoms with Crippen LogP contribution >= 0.6 is 11.6 Å². The van der Waals surface area contributed by atoms with Crippen LogP contribution in [-0.2, 0) is 0 Å². The lowest BCUT2D eigenvalue weighted by Crippen LogP contribution is -2.15. The zero-order chi connectivity index (χ0) is 20.1. The SMILES string of the molecule is Cc1cc(Cl)ccc1Nc1nccc(C(=O)Nc2ccc(OC(C)C)cc2)n1. The molecule has 3 aromatic rings.